The van der Waals surface area contributed by atoms with Crippen molar-refractivity contribution in [2.45, 2.75) is 31.1 Å². The minimum absolute atomic E-state index is 0.559. The quantitative estimate of drug-likeness (QED) is 0.473. The number of aryl methyl sites for hydroxylation is 1. The fourth-order valence-corrected chi connectivity index (χ4v) is 2.49. The fourth-order valence-electron chi connectivity index (χ4n) is 2.08. The lowest BCUT2D eigenvalue weighted by Crippen LogP contribution is -2.12. The number of unbranched alkanes of at least 4 members (excludes halogenated alkanes) is 1. The molecule has 0 fully saturated rings. The van der Waals surface area contributed by atoms with Crippen LogP contribution < -0.4 is 5.73 Å². The molecule has 0 amide bonds. The Labute approximate surface area is 131 Å². The lowest BCUT2D eigenvalue weighted by atomic mass is 10.1. The van der Waals surface area contributed by atoms with Gasteiger partial charge in [0.2, 0.25) is 0 Å². The highest BCUT2D eigenvalue weighted by Crippen LogP contribution is 2.18. The summed E-state index contributed by atoms with van der Waals surface area (Å²) >= 11 is 1.72. The van der Waals surface area contributed by atoms with Gasteiger partial charge in [0.25, 0.3) is 0 Å². The Bertz CT molecular complexity index is 586. The molecule has 0 saturated carbocycles. The summed E-state index contributed by atoms with van der Waals surface area (Å²) in [5.41, 5.74) is 9.31. The molecule has 21 heavy (non-hydrogen) atoms. The third-order valence-corrected chi connectivity index (χ3v) is 4.13. The molecule has 2 N–H and O–H groups in total. The van der Waals surface area contributed by atoms with Gasteiger partial charge in [0.05, 0.1) is 5.69 Å². The van der Waals surface area contributed by atoms with Gasteiger partial charge in [-0.15, -0.1) is 11.8 Å². The topological polar surface area (TPSA) is 38.4 Å². The van der Waals surface area contributed by atoms with E-state index in [-0.39, 0.29) is 0 Å². The standard InChI is InChI=1S/C18H22N2S/c1-3-4-5-14-6-10-16(11-7-14)20-18(19)15-8-12-17(21-2)13-9-15/h6-13H,3-5H2,1-2H3,(H2,19,20). The molecule has 0 radical (unpaired) electrons. The van der Waals surface area contributed by atoms with E-state index in [1.54, 1.807) is 11.8 Å². The van der Waals surface area contributed by atoms with Crippen molar-refractivity contribution in [2.75, 3.05) is 6.26 Å². The van der Waals surface area contributed by atoms with Crippen molar-refractivity contribution < 1.29 is 0 Å². The van der Waals surface area contributed by atoms with Crippen LogP contribution in [-0.4, -0.2) is 12.1 Å². The van der Waals surface area contributed by atoms with Crippen molar-refractivity contribution in [2.24, 2.45) is 10.7 Å². The largest absolute Gasteiger partial charge is 0.383 e. The number of benzene rings is 2. The first-order valence-electron chi connectivity index (χ1n) is 7.30. The van der Waals surface area contributed by atoms with E-state index < -0.39 is 0 Å². The van der Waals surface area contributed by atoms with Crippen molar-refractivity contribution in [3.63, 3.8) is 0 Å². The Morgan fingerprint density at radius 1 is 1.05 bits per heavy atom. The van der Waals surface area contributed by atoms with E-state index in [9.17, 15) is 0 Å². The highest BCUT2D eigenvalue weighted by Gasteiger charge is 2.00. The van der Waals surface area contributed by atoms with Crippen LogP contribution in [0.2, 0.25) is 0 Å². The maximum atomic E-state index is 6.08. The molecule has 0 bridgehead atoms. The van der Waals surface area contributed by atoms with Crippen molar-refractivity contribution in [1.29, 1.82) is 0 Å². The van der Waals surface area contributed by atoms with Crippen LogP contribution in [-0.2, 0) is 6.42 Å². The molecule has 2 aromatic rings. The molecule has 0 aromatic heterocycles. The molecule has 0 heterocycles. The van der Waals surface area contributed by atoms with E-state index in [1.807, 2.05) is 24.3 Å². The van der Waals surface area contributed by atoms with E-state index in [0.29, 0.717) is 5.84 Å². The number of hydrogen-bond acceptors (Lipinski definition) is 2. The average molecular weight is 298 g/mol. The van der Waals surface area contributed by atoms with E-state index in [1.165, 1.54) is 23.3 Å². The van der Waals surface area contributed by atoms with Gasteiger partial charge in [-0.3, -0.25) is 0 Å². The summed E-state index contributed by atoms with van der Waals surface area (Å²) < 4.78 is 0. The van der Waals surface area contributed by atoms with Crippen LogP contribution in [0.5, 0.6) is 0 Å². The molecular formula is C18H22N2S. The van der Waals surface area contributed by atoms with E-state index in [4.69, 9.17) is 5.73 Å². The van der Waals surface area contributed by atoms with Gasteiger partial charge in [-0.2, -0.15) is 0 Å². The molecule has 0 aliphatic heterocycles. The average Bonchev–Trinajstić information content (AvgIpc) is 2.54. The SMILES string of the molecule is CCCCc1ccc(N=C(N)c2ccc(SC)cc2)cc1. The molecule has 0 spiro atoms. The maximum absolute atomic E-state index is 6.08. The second-order valence-corrected chi connectivity index (χ2v) is 5.88. The Kier molecular flexibility index (Phi) is 5.88. The van der Waals surface area contributed by atoms with E-state index in [2.05, 4.69) is 42.4 Å². The zero-order chi connectivity index (χ0) is 15.1. The normalized spacial score (nSPS) is 11.6. The number of aliphatic imine (C=N–C) groups is 1. The van der Waals surface area contributed by atoms with Gasteiger partial charge < -0.3 is 5.73 Å². The Morgan fingerprint density at radius 3 is 2.29 bits per heavy atom. The monoisotopic (exact) mass is 298 g/mol. The van der Waals surface area contributed by atoms with E-state index in [0.717, 1.165) is 17.7 Å². The van der Waals surface area contributed by atoms with E-state index >= 15 is 0 Å². The van der Waals surface area contributed by atoms with Crippen LogP contribution in [0.15, 0.2) is 58.4 Å². The lowest BCUT2D eigenvalue weighted by molar-refractivity contribution is 0.795. The summed E-state index contributed by atoms with van der Waals surface area (Å²) in [5.74, 6) is 0.559. The summed E-state index contributed by atoms with van der Waals surface area (Å²) in [4.78, 5) is 5.72. The Hall–Kier alpha value is -1.74. The summed E-state index contributed by atoms with van der Waals surface area (Å²) in [6, 6.07) is 16.5. The fraction of sp³-hybridized carbons (Fsp3) is 0.278. The smallest absolute Gasteiger partial charge is 0.131 e. The highest BCUT2D eigenvalue weighted by atomic mass is 32.2. The van der Waals surface area contributed by atoms with Crippen LogP contribution in [0.3, 0.4) is 0 Å². The minimum atomic E-state index is 0.559. The van der Waals surface area contributed by atoms with Gasteiger partial charge in [0.15, 0.2) is 0 Å². The number of amidine groups is 1. The first-order chi connectivity index (χ1) is 10.2. The maximum Gasteiger partial charge on any atom is 0.131 e. The number of nitrogens with zero attached hydrogens (tertiary/aromatic N) is 1. The highest BCUT2D eigenvalue weighted by molar-refractivity contribution is 7.98. The van der Waals surface area contributed by atoms with Gasteiger partial charge >= 0.3 is 0 Å². The molecule has 0 aliphatic carbocycles. The van der Waals surface area contributed by atoms with Crippen molar-refractivity contribution in [1.82, 2.24) is 0 Å². The second-order valence-electron chi connectivity index (χ2n) is 5.00. The molecule has 2 rings (SSSR count). The molecule has 2 aromatic carbocycles. The summed E-state index contributed by atoms with van der Waals surface area (Å²) in [6.07, 6.45) is 5.64. The number of hydrogen-bond donors (Lipinski definition) is 1. The molecule has 110 valence electrons. The summed E-state index contributed by atoms with van der Waals surface area (Å²) in [5, 5.41) is 0. The Balaban J connectivity index is 2.10. The molecule has 0 atom stereocenters. The zero-order valence-corrected chi connectivity index (χ0v) is 13.5. The summed E-state index contributed by atoms with van der Waals surface area (Å²) in [7, 11) is 0. The third-order valence-electron chi connectivity index (χ3n) is 3.39. The minimum Gasteiger partial charge on any atom is -0.383 e. The van der Waals surface area contributed by atoms with Crippen LogP contribution in [0.25, 0.3) is 0 Å². The number of thioether (sulfide) groups is 1. The number of nitrogens with two attached hydrogens (primary N) is 1. The van der Waals surface area contributed by atoms with Gasteiger partial charge in [-0.05, 0) is 48.9 Å². The Morgan fingerprint density at radius 2 is 1.71 bits per heavy atom. The molecule has 2 nitrogen and oxygen atoms in total. The van der Waals surface area contributed by atoms with Gasteiger partial charge in [-0.1, -0.05) is 37.6 Å². The lowest BCUT2D eigenvalue weighted by Gasteiger charge is -2.04. The third kappa shape index (κ3) is 4.64. The van der Waals surface area contributed by atoms with Crippen LogP contribution in [0, 0.1) is 0 Å². The number of rotatable bonds is 6. The van der Waals surface area contributed by atoms with Crippen molar-refractivity contribution in [3.8, 4) is 0 Å². The van der Waals surface area contributed by atoms with Crippen LogP contribution in [0.4, 0.5) is 5.69 Å². The predicted octanol–water partition coefficient (Wildman–Crippen LogP) is 4.79. The van der Waals surface area contributed by atoms with Crippen LogP contribution >= 0.6 is 11.8 Å². The van der Waals surface area contributed by atoms with Gasteiger partial charge in [0.1, 0.15) is 5.84 Å². The molecule has 0 unspecified atom stereocenters. The van der Waals surface area contributed by atoms with Gasteiger partial charge in [-0.25, -0.2) is 4.99 Å². The predicted molar refractivity (Wildman–Crippen MR) is 93.7 cm³/mol. The van der Waals surface area contributed by atoms with Crippen molar-refractivity contribution in [3.05, 3.63) is 59.7 Å². The summed E-state index contributed by atoms with van der Waals surface area (Å²) in [6.45, 7) is 2.21. The first kappa shape index (κ1) is 15.6. The molecule has 3 heteroatoms. The molecule has 0 aliphatic rings. The first-order valence-corrected chi connectivity index (χ1v) is 8.53. The van der Waals surface area contributed by atoms with Crippen molar-refractivity contribution >= 4 is 23.3 Å². The molecular weight excluding hydrogens is 276 g/mol. The molecule has 0 saturated heterocycles. The second kappa shape index (κ2) is 7.89. The zero-order valence-electron chi connectivity index (χ0n) is 12.7. The van der Waals surface area contributed by atoms with Crippen LogP contribution in [0.1, 0.15) is 30.9 Å². The van der Waals surface area contributed by atoms with Gasteiger partial charge in [0, 0.05) is 10.5 Å².